The molecule has 3 heterocycles. The van der Waals surface area contributed by atoms with E-state index in [9.17, 15) is 0 Å². The molecule has 1 aliphatic rings. The zero-order valence-corrected chi connectivity index (χ0v) is 13.0. The first-order valence-electron chi connectivity index (χ1n) is 7.94. The Labute approximate surface area is 125 Å². The quantitative estimate of drug-likeness (QED) is 0.848. The van der Waals surface area contributed by atoms with Crippen molar-refractivity contribution in [2.24, 2.45) is 0 Å². The van der Waals surface area contributed by atoms with Gasteiger partial charge in [-0.05, 0) is 25.7 Å². The Kier molecular flexibility index (Phi) is 4.39. The van der Waals surface area contributed by atoms with Gasteiger partial charge in [0.15, 0.2) is 5.65 Å². The number of ether oxygens (including phenoxy) is 1. The van der Waals surface area contributed by atoms with E-state index in [-0.39, 0.29) is 0 Å². The monoisotopic (exact) mass is 288 g/mol. The molecule has 0 aliphatic carbocycles. The Balaban J connectivity index is 1.84. The SMILES string of the molecule is CCCc1cc(N(C)C[C@H]2CCCCO2)n2nccc2n1. The molecule has 5 nitrogen and oxygen atoms in total. The molecule has 0 spiro atoms. The molecule has 0 radical (unpaired) electrons. The Bertz CT molecular complexity index is 589. The molecular weight excluding hydrogens is 264 g/mol. The number of fused-ring (bicyclic) bond motifs is 1. The van der Waals surface area contributed by atoms with E-state index in [1.165, 1.54) is 12.8 Å². The van der Waals surface area contributed by atoms with E-state index in [0.717, 1.165) is 49.6 Å². The van der Waals surface area contributed by atoms with Crippen LogP contribution >= 0.6 is 0 Å². The molecule has 5 heteroatoms. The van der Waals surface area contributed by atoms with Crippen molar-refractivity contribution < 1.29 is 4.74 Å². The van der Waals surface area contributed by atoms with Crippen LogP contribution in [0.1, 0.15) is 38.3 Å². The summed E-state index contributed by atoms with van der Waals surface area (Å²) in [5.41, 5.74) is 2.06. The molecule has 0 aromatic carbocycles. The molecule has 0 amide bonds. The van der Waals surface area contributed by atoms with Crippen LogP contribution in [-0.2, 0) is 11.2 Å². The summed E-state index contributed by atoms with van der Waals surface area (Å²) in [6.07, 6.45) is 7.87. The summed E-state index contributed by atoms with van der Waals surface area (Å²) in [7, 11) is 2.12. The van der Waals surface area contributed by atoms with Gasteiger partial charge in [0.1, 0.15) is 5.82 Å². The minimum absolute atomic E-state index is 0.331. The van der Waals surface area contributed by atoms with Gasteiger partial charge in [-0.2, -0.15) is 9.61 Å². The zero-order chi connectivity index (χ0) is 14.7. The van der Waals surface area contributed by atoms with E-state index in [4.69, 9.17) is 4.74 Å². The molecule has 1 atom stereocenters. The van der Waals surface area contributed by atoms with Gasteiger partial charge in [-0.25, -0.2) is 4.98 Å². The Morgan fingerprint density at radius 1 is 1.43 bits per heavy atom. The van der Waals surface area contributed by atoms with Crippen LogP contribution in [0.4, 0.5) is 5.82 Å². The number of rotatable bonds is 5. The fourth-order valence-electron chi connectivity index (χ4n) is 2.95. The summed E-state index contributed by atoms with van der Waals surface area (Å²) < 4.78 is 7.77. The summed E-state index contributed by atoms with van der Waals surface area (Å²) >= 11 is 0. The lowest BCUT2D eigenvalue weighted by molar-refractivity contribution is 0.0215. The lowest BCUT2D eigenvalue weighted by Gasteiger charge is -2.28. The third kappa shape index (κ3) is 3.18. The van der Waals surface area contributed by atoms with E-state index in [2.05, 4.69) is 35.0 Å². The van der Waals surface area contributed by atoms with Gasteiger partial charge < -0.3 is 9.64 Å². The number of hydrogen-bond donors (Lipinski definition) is 0. The van der Waals surface area contributed by atoms with E-state index < -0.39 is 0 Å². The maximum absolute atomic E-state index is 5.85. The first-order valence-corrected chi connectivity index (χ1v) is 7.94. The first-order chi connectivity index (χ1) is 10.3. The van der Waals surface area contributed by atoms with Gasteiger partial charge in [-0.15, -0.1) is 0 Å². The van der Waals surface area contributed by atoms with Crippen molar-refractivity contribution in [1.82, 2.24) is 14.6 Å². The fraction of sp³-hybridized carbons (Fsp3) is 0.625. The van der Waals surface area contributed by atoms with Crippen LogP contribution in [0, 0.1) is 0 Å². The van der Waals surface area contributed by atoms with Gasteiger partial charge in [0.05, 0.1) is 12.3 Å². The van der Waals surface area contributed by atoms with Gasteiger partial charge in [0, 0.05) is 38.0 Å². The van der Waals surface area contributed by atoms with Gasteiger partial charge in [-0.1, -0.05) is 13.3 Å². The van der Waals surface area contributed by atoms with Crippen molar-refractivity contribution in [3.63, 3.8) is 0 Å². The number of aryl methyl sites for hydroxylation is 1. The van der Waals surface area contributed by atoms with Gasteiger partial charge in [-0.3, -0.25) is 0 Å². The van der Waals surface area contributed by atoms with Crippen molar-refractivity contribution in [3.05, 3.63) is 24.0 Å². The van der Waals surface area contributed by atoms with Crippen LogP contribution in [0.25, 0.3) is 5.65 Å². The van der Waals surface area contributed by atoms with E-state index in [1.54, 1.807) is 0 Å². The van der Waals surface area contributed by atoms with Crippen molar-refractivity contribution in [1.29, 1.82) is 0 Å². The molecule has 3 rings (SSSR count). The van der Waals surface area contributed by atoms with Crippen molar-refractivity contribution in [2.75, 3.05) is 25.1 Å². The maximum Gasteiger partial charge on any atom is 0.157 e. The smallest absolute Gasteiger partial charge is 0.157 e. The largest absolute Gasteiger partial charge is 0.376 e. The summed E-state index contributed by atoms with van der Waals surface area (Å²) in [6, 6.07) is 4.12. The molecule has 0 saturated carbocycles. The number of aromatic nitrogens is 3. The van der Waals surface area contributed by atoms with Crippen LogP contribution < -0.4 is 4.90 Å². The second-order valence-electron chi connectivity index (χ2n) is 5.83. The minimum Gasteiger partial charge on any atom is -0.376 e. The topological polar surface area (TPSA) is 42.7 Å². The van der Waals surface area contributed by atoms with Crippen molar-refractivity contribution in [3.8, 4) is 0 Å². The standard InChI is InChI=1S/C16H24N4O/c1-3-6-13-11-16(20-15(18-13)8-9-17-20)19(2)12-14-7-4-5-10-21-14/h8-9,11,14H,3-7,10,12H2,1-2H3/t14-/m1/s1. The number of anilines is 1. The predicted octanol–water partition coefficient (Wildman–Crippen LogP) is 2.69. The summed E-state index contributed by atoms with van der Waals surface area (Å²) in [6.45, 7) is 3.99. The fourth-order valence-corrected chi connectivity index (χ4v) is 2.95. The lowest BCUT2D eigenvalue weighted by Crippen LogP contribution is -2.34. The molecule has 0 N–H and O–H groups in total. The molecule has 1 saturated heterocycles. The number of likely N-dealkylation sites (N-methyl/N-ethyl adjacent to an activating group) is 1. The molecular formula is C16H24N4O. The molecule has 2 aromatic rings. The normalized spacial score (nSPS) is 19.0. The van der Waals surface area contributed by atoms with Crippen LogP contribution in [0.5, 0.6) is 0 Å². The van der Waals surface area contributed by atoms with Crippen LogP contribution in [0.2, 0.25) is 0 Å². The number of hydrogen-bond acceptors (Lipinski definition) is 4. The molecule has 1 fully saturated rings. The molecule has 1 aliphatic heterocycles. The Morgan fingerprint density at radius 2 is 2.33 bits per heavy atom. The van der Waals surface area contributed by atoms with Crippen molar-refractivity contribution in [2.45, 2.75) is 45.1 Å². The molecule has 0 bridgehead atoms. The second-order valence-corrected chi connectivity index (χ2v) is 5.83. The maximum atomic E-state index is 5.85. The highest BCUT2D eigenvalue weighted by atomic mass is 16.5. The van der Waals surface area contributed by atoms with Gasteiger partial charge >= 0.3 is 0 Å². The summed E-state index contributed by atoms with van der Waals surface area (Å²) in [5, 5.41) is 4.41. The Hall–Kier alpha value is -1.62. The van der Waals surface area contributed by atoms with E-state index in [1.807, 2.05) is 16.8 Å². The van der Waals surface area contributed by atoms with Gasteiger partial charge in [0.25, 0.3) is 0 Å². The predicted molar refractivity (Wildman–Crippen MR) is 83.8 cm³/mol. The average molecular weight is 288 g/mol. The van der Waals surface area contributed by atoms with Crippen molar-refractivity contribution >= 4 is 11.5 Å². The molecule has 2 aromatic heterocycles. The van der Waals surface area contributed by atoms with Crippen LogP contribution in [0.3, 0.4) is 0 Å². The van der Waals surface area contributed by atoms with Crippen LogP contribution in [-0.4, -0.2) is 40.9 Å². The van der Waals surface area contributed by atoms with Gasteiger partial charge in [0.2, 0.25) is 0 Å². The Morgan fingerprint density at radius 3 is 3.10 bits per heavy atom. The van der Waals surface area contributed by atoms with E-state index >= 15 is 0 Å². The second kappa shape index (κ2) is 6.43. The molecule has 21 heavy (non-hydrogen) atoms. The summed E-state index contributed by atoms with van der Waals surface area (Å²) in [4.78, 5) is 6.90. The highest BCUT2D eigenvalue weighted by Gasteiger charge is 2.18. The highest BCUT2D eigenvalue weighted by Crippen LogP contribution is 2.20. The molecule has 0 unspecified atom stereocenters. The van der Waals surface area contributed by atoms with E-state index in [0.29, 0.717) is 6.10 Å². The third-order valence-corrected chi connectivity index (χ3v) is 4.04. The van der Waals surface area contributed by atoms with Crippen LogP contribution in [0.15, 0.2) is 18.3 Å². The molecule has 114 valence electrons. The zero-order valence-electron chi connectivity index (χ0n) is 13.0. The average Bonchev–Trinajstić information content (AvgIpc) is 2.96. The summed E-state index contributed by atoms with van der Waals surface area (Å²) in [5.74, 6) is 1.10. The third-order valence-electron chi connectivity index (χ3n) is 4.04. The number of nitrogens with zero attached hydrogens (tertiary/aromatic N) is 4. The highest BCUT2D eigenvalue weighted by molar-refractivity contribution is 5.50. The minimum atomic E-state index is 0.331. The first kappa shape index (κ1) is 14.3. The lowest BCUT2D eigenvalue weighted by atomic mass is 10.1.